The van der Waals surface area contributed by atoms with Crippen LogP contribution in [0.3, 0.4) is 0 Å². The molecule has 0 saturated carbocycles. The fraction of sp³-hybridized carbons (Fsp3) is 0.600. The van der Waals surface area contributed by atoms with Crippen LogP contribution in [0.1, 0.15) is 28.3 Å². The number of aliphatic hydroxyl groups is 1. The van der Waals surface area contributed by atoms with Crippen LogP contribution in [0.4, 0.5) is 0 Å². The molecule has 0 spiro atoms. The number of rotatable bonds is 4. The Labute approximate surface area is 83.6 Å². The Kier molecular flexibility index (Phi) is 3.90. The molecule has 1 heterocycles. The second-order valence-corrected chi connectivity index (χ2v) is 4.73. The van der Waals surface area contributed by atoms with Crippen molar-refractivity contribution < 1.29 is 5.11 Å². The summed E-state index contributed by atoms with van der Waals surface area (Å²) >= 11 is 1.83. The van der Waals surface area contributed by atoms with Crippen molar-refractivity contribution in [2.45, 2.75) is 26.8 Å². The van der Waals surface area contributed by atoms with E-state index in [2.05, 4.69) is 32.2 Å². The maximum absolute atomic E-state index is 8.68. The lowest BCUT2D eigenvalue weighted by atomic mass is 10.1. The molecule has 0 saturated heterocycles. The second kappa shape index (κ2) is 4.74. The molecule has 2 N–H and O–H groups in total. The van der Waals surface area contributed by atoms with Crippen LogP contribution in [-0.2, 0) is 0 Å². The molecule has 0 radical (unpaired) electrons. The number of aliphatic hydroxyl groups excluding tert-OH is 1. The molecule has 0 aliphatic rings. The van der Waals surface area contributed by atoms with E-state index in [0.717, 1.165) is 0 Å². The first-order chi connectivity index (χ1) is 6.15. The molecular weight excluding hydrogens is 182 g/mol. The molecule has 0 fully saturated rings. The molecule has 74 valence electrons. The summed E-state index contributed by atoms with van der Waals surface area (Å²) in [4.78, 5) is 2.72. The highest BCUT2D eigenvalue weighted by atomic mass is 32.1. The Balaban J connectivity index is 2.64. The zero-order valence-electron chi connectivity index (χ0n) is 8.42. The molecule has 1 rings (SSSR count). The molecular formula is C10H17NOS. The summed E-state index contributed by atoms with van der Waals surface area (Å²) in [5, 5.41) is 11.9. The molecule has 1 unspecified atom stereocenters. The van der Waals surface area contributed by atoms with E-state index in [1.807, 2.05) is 11.3 Å². The Morgan fingerprint density at radius 3 is 2.69 bits per heavy atom. The summed E-state index contributed by atoms with van der Waals surface area (Å²) in [5.41, 5.74) is 1.36. The predicted molar refractivity (Wildman–Crippen MR) is 57.3 cm³/mol. The van der Waals surface area contributed by atoms with Gasteiger partial charge in [-0.2, -0.15) is 0 Å². The smallest absolute Gasteiger partial charge is 0.0556 e. The summed E-state index contributed by atoms with van der Waals surface area (Å²) in [7, 11) is 0. The van der Waals surface area contributed by atoms with Crippen LogP contribution >= 0.6 is 11.3 Å². The number of nitrogens with one attached hydrogen (secondary N) is 1. The Morgan fingerprint density at radius 2 is 2.23 bits per heavy atom. The Hall–Kier alpha value is -0.380. The third-order valence-electron chi connectivity index (χ3n) is 2.11. The van der Waals surface area contributed by atoms with E-state index >= 15 is 0 Å². The monoisotopic (exact) mass is 199 g/mol. The van der Waals surface area contributed by atoms with Gasteiger partial charge in [0.1, 0.15) is 0 Å². The van der Waals surface area contributed by atoms with Gasteiger partial charge in [0.05, 0.1) is 6.61 Å². The third-order valence-corrected chi connectivity index (χ3v) is 3.09. The number of thiophene rings is 1. The molecule has 0 aliphatic heterocycles. The first-order valence-corrected chi connectivity index (χ1v) is 5.38. The number of aryl methyl sites for hydroxylation is 2. The molecule has 1 aromatic heterocycles. The fourth-order valence-electron chi connectivity index (χ4n) is 1.47. The molecule has 1 atom stereocenters. The van der Waals surface area contributed by atoms with Crippen molar-refractivity contribution in [1.82, 2.24) is 5.32 Å². The van der Waals surface area contributed by atoms with E-state index in [-0.39, 0.29) is 6.61 Å². The largest absolute Gasteiger partial charge is 0.395 e. The van der Waals surface area contributed by atoms with Crippen molar-refractivity contribution in [3.63, 3.8) is 0 Å². The van der Waals surface area contributed by atoms with Crippen molar-refractivity contribution in [3.05, 3.63) is 21.4 Å². The van der Waals surface area contributed by atoms with Crippen molar-refractivity contribution in [3.8, 4) is 0 Å². The van der Waals surface area contributed by atoms with Gasteiger partial charge in [-0.15, -0.1) is 11.3 Å². The summed E-state index contributed by atoms with van der Waals surface area (Å²) in [6, 6.07) is 2.56. The minimum absolute atomic E-state index is 0.201. The topological polar surface area (TPSA) is 32.3 Å². The van der Waals surface area contributed by atoms with Crippen LogP contribution in [0.2, 0.25) is 0 Å². The van der Waals surface area contributed by atoms with Gasteiger partial charge in [0.25, 0.3) is 0 Å². The molecule has 0 aromatic carbocycles. The number of hydrogen-bond donors (Lipinski definition) is 2. The molecule has 2 nitrogen and oxygen atoms in total. The van der Waals surface area contributed by atoms with Crippen molar-refractivity contribution in [2.75, 3.05) is 13.2 Å². The van der Waals surface area contributed by atoms with Gasteiger partial charge in [0.15, 0.2) is 0 Å². The first-order valence-electron chi connectivity index (χ1n) is 4.56. The lowest BCUT2D eigenvalue weighted by Crippen LogP contribution is -2.22. The maximum Gasteiger partial charge on any atom is 0.0556 e. The van der Waals surface area contributed by atoms with Gasteiger partial charge in [-0.3, -0.25) is 0 Å². The average molecular weight is 199 g/mol. The van der Waals surface area contributed by atoms with Crippen LogP contribution in [0.25, 0.3) is 0 Å². The molecule has 13 heavy (non-hydrogen) atoms. The third kappa shape index (κ3) is 2.79. The van der Waals surface area contributed by atoms with Gasteiger partial charge in [-0.05, 0) is 32.4 Å². The second-order valence-electron chi connectivity index (χ2n) is 3.27. The predicted octanol–water partition coefficient (Wildman–Crippen LogP) is 2.01. The summed E-state index contributed by atoms with van der Waals surface area (Å²) < 4.78 is 0. The van der Waals surface area contributed by atoms with Gasteiger partial charge in [-0.1, -0.05) is 0 Å². The van der Waals surface area contributed by atoms with E-state index in [9.17, 15) is 0 Å². The normalized spacial score (nSPS) is 13.2. The SMILES string of the molecule is Cc1cc(C(C)NCCO)c(C)s1. The zero-order valence-corrected chi connectivity index (χ0v) is 9.24. The molecule has 0 aliphatic carbocycles. The molecule has 3 heteroatoms. The van der Waals surface area contributed by atoms with E-state index < -0.39 is 0 Å². The average Bonchev–Trinajstić information content (AvgIpc) is 2.41. The van der Waals surface area contributed by atoms with Crippen molar-refractivity contribution in [2.24, 2.45) is 0 Å². The quantitative estimate of drug-likeness (QED) is 0.777. The maximum atomic E-state index is 8.68. The first kappa shape index (κ1) is 10.7. The van der Waals surface area contributed by atoms with Crippen molar-refractivity contribution >= 4 is 11.3 Å². The molecule has 0 bridgehead atoms. The summed E-state index contributed by atoms with van der Waals surface area (Å²) in [6.07, 6.45) is 0. The van der Waals surface area contributed by atoms with E-state index in [1.54, 1.807) is 0 Å². The van der Waals surface area contributed by atoms with E-state index in [4.69, 9.17) is 5.11 Å². The minimum atomic E-state index is 0.201. The van der Waals surface area contributed by atoms with E-state index in [0.29, 0.717) is 12.6 Å². The van der Waals surface area contributed by atoms with Crippen molar-refractivity contribution in [1.29, 1.82) is 0 Å². The summed E-state index contributed by atoms with van der Waals surface area (Å²) in [6.45, 7) is 7.26. The minimum Gasteiger partial charge on any atom is -0.395 e. The fourth-order valence-corrected chi connectivity index (χ4v) is 2.49. The van der Waals surface area contributed by atoms with Crippen LogP contribution in [0, 0.1) is 13.8 Å². The van der Waals surface area contributed by atoms with Gasteiger partial charge in [-0.25, -0.2) is 0 Å². The molecule has 0 amide bonds. The van der Waals surface area contributed by atoms with E-state index in [1.165, 1.54) is 15.3 Å². The van der Waals surface area contributed by atoms with Gasteiger partial charge < -0.3 is 10.4 Å². The standard InChI is InChI=1S/C10H17NOS/c1-7-6-10(9(3)13-7)8(2)11-4-5-12/h6,8,11-12H,4-5H2,1-3H3. The van der Waals surface area contributed by atoms with Crippen LogP contribution in [0.15, 0.2) is 6.07 Å². The highest BCUT2D eigenvalue weighted by Gasteiger charge is 2.09. The zero-order chi connectivity index (χ0) is 9.84. The lowest BCUT2D eigenvalue weighted by molar-refractivity contribution is 0.286. The Morgan fingerprint density at radius 1 is 1.54 bits per heavy atom. The van der Waals surface area contributed by atoms with Crippen LogP contribution < -0.4 is 5.32 Å². The number of hydrogen-bond acceptors (Lipinski definition) is 3. The highest BCUT2D eigenvalue weighted by molar-refractivity contribution is 7.12. The van der Waals surface area contributed by atoms with Gasteiger partial charge in [0, 0.05) is 22.3 Å². The lowest BCUT2D eigenvalue weighted by Gasteiger charge is -2.12. The van der Waals surface area contributed by atoms with Gasteiger partial charge >= 0.3 is 0 Å². The van der Waals surface area contributed by atoms with Crippen LogP contribution in [0.5, 0.6) is 0 Å². The van der Waals surface area contributed by atoms with Crippen LogP contribution in [-0.4, -0.2) is 18.3 Å². The molecule has 1 aromatic rings. The summed E-state index contributed by atoms with van der Waals surface area (Å²) in [5.74, 6) is 0. The highest BCUT2D eigenvalue weighted by Crippen LogP contribution is 2.25. The Bertz CT molecular complexity index is 270. The van der Waals surface area contributed by atoms with Gasteiger partial charge in [0.2, 0.25) is 0 Å².